The Kier molecular flexibility index (Phi) is 8.32. The van der Waals surface area contributed by atoms with Crippen LogP contribution in [0.15, 0.2) is 46.5 Å². The molecular formula is C22H29ClO. The summed E-state index contributed by atoms with van der Waals surface area (Å²) in [6, 6.07) is 8.98. The number of benzene rings is 1. The standard InChI is InChI=1S/C22H29ClO/c1-2-3-4-5-6-8-18-11-13-19(14-12-18)15-16-20-9-7-10-22(23)21(20)17-24/h9,11-14,17H,2-8,10,15-16H2,1H3. The molecule has 2 heteroatoms. The van der Waals surface area contributed by atoms with Crippen molar-refractivity contribution >= 4 is 17.9 Å². The molecule has 1 aromatic rings. The van der Waals surface area contributed by atoms with Crippen LogP contribution in [0.1, 0.15) is 69.4 Å². The van der Waals surface area contributed by atoms with E-state index in [1.807, 2.05) is 0 Å². The van der Waals surface area contributed by atoms with Crippen LogP contribution < -0.4 is 0 Å². The van der Waals surface area contributed by atoms with E-state index in [0.717, 1.165) is 42.6 Å². The summed E-state index contributed by atoms with van der Waals surface area (Å²) in [5.74, 6) is 0. The van der Waals surface area contributed by atoms with Crippen molar-refractivity contribution in [2.24, 2.45) is 0 Å². The Morgan fingerprint density at radius 2 is 1.62 bits per heavy atom. The molecule has 0 amide bonds. The summed E-state index contributed by atoms with van der Waals surface area (Å²) in [4.78, 5) is 11.2. The third kappa shape index (κ3) is 5.94. The van der Waals surface area contributed by atoms with Gasteiger partial charge in [-0.2, -0.15) is 0 Å². The van der Waals surface area contributed by atoms with Crippen molar-refractivity contribution in [1.82, 2.24) is 0 Å². The summed E-state index contributed by atoms with van der Waals surface area (Å²) >= 11 is 6.17. The van der Waals surface area contributed by atoms with Gasteiger partial charge in [0.05, 0.1) is 0 Å². The number of carbonyl (C=O) groups excluding carboxylic acids is 1. The van der Waals surface area contributed by atoms with Crippen LogP contribution in [0, 0.1) is 0 Å². The van der Waals surface area contributed by atoms with Crippen molar-refractivity contribution in [1.29, 1.82) is 0 Å². The van der Waals surface area contributed by atoms with Crippen LogP contribution in [0.3, 0.4) is 0 Å². The summed E-state index contributed by atoms with van der Waals surface area (Å²) in [7, 11) is 0. The molecule has 0 aromatic heterocycles. The van der Waals surface area contributed by atoms with E-state index in [-0.39, 0.29) is 0 Å². The lowest BCUT2D eigenvalue weighted by Crippen LogP contribution is -2.01. The number of aryl methyl sites for hydroxylation is 2. The van der Waals surface area contributed by atoms with Crippen LogP contribution in [0.5, 0.6) is 0 Å². The molecule has 0 N–H and O–H groups in total. The summed E-state index contributed by atoms with van der Waals surface area (Å²) < 4.78 is 0. The molecule has 0 atom stereocenters. The maximum absolute atomic E-state index is 11.2. The molecule has 130 valence electrons. The molecule has 0 aliphatic heterocycles. The molecule has 1 aliphatic rings. The smallest absolute Gasteiger partial charge is 0.151 e. The highest BCUT2D eigenvalue weighted by Gasteiger charge is 2.14. The Bertz CT molecular complexity index is 580. The predicted octanol–water partition coefficient (Wildman–Crippen LogP) is 6.54. The third-order valence-corrected chi connectivity index (χ3v) is 5.18. The first-order valence-corrected chi connectivity index (χ1v) is 9.73. The summed E-state index contributed by atoms with van der Waals surface area (Å²) in [6.45, 7) is 2.25. The number of carbonyl (C=O) groups is 1. The normalized spacial score (nSPS) is 14.7. The fraction of sp³-hybridized carbons (Fsp3) is 0.500. The molecule has 0 radical (unpaired) electrons. The van der Waals surface area contributed by atoms with E-state index in [4.69, 9.17) is 11.6 Å². The first kappa shape index (κ1) is 19.0. The fourth-order valence-corrected chi connectivity index (χ4v) is 3.53. The lowest BCUT2D eigenvalue weighted by Gasteiger charge is -2.14. The SMILES string of the molecule is CCCCCCCc1ccc(CCC2=CCCC(Cl)=C2C=O)cc1. The Hall–Kier alpha value is -1.34. The lowest BCUT2D eigenvalue weighted by atomic mass is 9.93. The molecule has 0 heterocycles. The number of rotatable bonds is 10. The van der Waals surface area contributed by atoms with E-state index in [1.54, 1.807) is 0 Å². The lowest BCUT2D eigenvalue weighted by molar-refractivity contribution is -0.104. The van der Waals surface area contributed by atoms with E-state index < -0.39 is 0 Å². The zero-order valence-corrected chi connectivity index (χ0v) is 15.6. The van der Waals surface area contributed by atoms with E-state index in [2.05, 4.69) is 37.3 Å². The monoisotopic (exact) mass is 344 g/mol. The molecule has 2 rings (SSSR count). The van der Waals surface area contributed by atoms with Gasteiger partial charge in [0.15, 0.2) is 6.29 Å². The zero-order chi connectivity index (χ0) is 17.2. The highest BCUT2D eigenvalue weighted by atomic mass is 35.5. The van der Waals surface area contributed by atoms with E-state index in [9.17, 15) is 4.79 Å². The van der Waals surface area contributed by atoms with Crippen LogP contribution >= 0.6 is 11.6 Å². The number of hydrogen-bond acceptors (Lipinski definition) is 1. The molecule has 0 saturated heterocycles. The molecule has 0 bridgehead atoms. The third-order valence-electron chi connectivity index (χ3n) is 4.79. The average Bonchev–Trinajstić information content (AvgIpc) is 2.61. The van der Waals surface area contributed by atoms with E-state index in [1.165, 1.54) is 49.7 Å². The number of hydrogen-bond donors (Lipinski definition) is 0. The topological polar surface area (TPSA) is 17.1 Å². The second-order valence-electron chi connectivity index (χ2n) is 6.69. The van der Waals surface area contributed by atoms with Crippen molar-refractivity contribution in [2.75, 3.05) is 0 Å². The van der Waals surface area contributed by atoms with Gasteiger partial charge in [-0.1, -0.05) is 74.5 Å². The maximum Gasteiger partial charge on any atom is 0.151 e. The van der Waals surface area contributed by atoms with Gasteiger partial charge in [0.1, 0.15) is 0 Å². The number of aldehydes is 1. The van der Waals surface area contributed by atoms with Crippen molar-refractivity contribution in [2.45, 2.75) is 71.1 Å². The maximum atomic E-state index is 11.2. The van der Waals surface area contributed by atoms with Gasteiger partial charge >= 0.3 is 0 Å². The van der Waals surface area contributed by atoms with Crippen LogP contribution in [0.25, 0.3) is 0 Å². The Balaban J connectivity index is 1.80. The van der Waals surface area contributed by atoms with Crippen molar-refractivity contribution in [3.63, 3.8) is 0 Å². The zero-order valence-electron chi connectivity index (χ0n) is 14.8. The van der Waals surface area contributed by atoms with Gasteiger partial charge in [-0.15, -0.1) is 0 Å². The first-order valence-electron chi connectivity index (χ1n) is 9.35. The molecule has 0 unspecified atom stereocenters. The highest BCUT2D eigenvalue weighted by molar-refractivity contribution is 6.31. The summed E-state index contributed by atoms with van der Waals surface area (Å²) in [5.41, 5.74) is 4.59. The predicted molar refractivity (Wildman–Crippen MR) is 103 cm³/mol. The van der Waals surface area contributed by atoms with Gasteiger partial charge < -0.3 is 0 Å². The van der Waals surface area contributed by atoms with Gasteiger partial charge in [0.2, 0.25) is 0 Å². The summed E-state index contributed by atoms with van der Waals surface area (Å²) in [6.07, 6.45) is 14.5. The number of halogens is 1. The van der Waals surface area contributed by atoms with Crippen molar-refractivity contribution < 1.29 is 4.79 Å². The van der Waals surface area contributed by atoms with Gasteiger partial charge in [0, 0.05) is 10.6 Å². The second-order valence-corrected chi connectivity index (χ2v) is 7.14. The van der Waals surface area contributed by atoms with Crippen LogP contribution in [-0.2, 0) is 17.6 Å². The Labute approximate surface area is 151 Å². The summed E-state index contributed by atoms with van der Waals surface area (Å²) in [5, 5.41) is 0.723. The molecule has 1 aliphatic carbocycles. The number of allylic oxidation sites excluding steroid dienone is 4. The van der Waals surface area contributed by atoms with E-state index in [0.29, 0.717) is 5.57 Å². The number of unbranched alkanes of at least 4 members (excludes halogenated alkanes) is 4. The largest absolute Gasteiger partial charge is 0.298 e. The highest BCUT2D eigenvalue weighted by Crippen LogP contribution is 2.29. The quantitative estimate of drug-likeness (QED) is 0.347. The Morgan fingerprint density at radius 3 is 2.29 bits per heavy atom. The van der Waals surface area contributed by atoms with Crippen molar-refractivity contribution in [3.05, 3.63) is 57.6 Å². The minimum Gasteiger partial charge on any atom is -0.298 e. The van der Waals surface area contributed by atoms with Crippen molar-refractivity contribution in [3.8, 4) is 0 Å². The van der Waals surface area contributed by atoms with Gasteiger partial charge in [0.25, 0.3) is 0 Å². The van der Waals surface area contributed by atoms with Gasteiger partial charge in [-0.25, -0.2) is 0 Å². The molecular weight excluding hydrogens is 316 g/mol. The van der Waals surface area contributed by atoms with Gasteiger partial charge in [-0.3, -0.25) is 4.79 Å². The minimum atomic E-state index is 0.714. The molecule has 24 heavy (non-hydrogen) atoms. The fourth-order valence-electron chi connectivity index (χ4n) is 3.25. The van der Waals surface area contributed by atoms with Crippen LogP contribution in [0.2, 0.25) is 0 Å². The molecule has 0 fully saturated rings. The minimum absolute atomic E-state index is 0.714. The molecule has 0 spiro atoms. The van der Waals surface area contributed by atoms with E-state index >= 15 is 0 Å². The molecule has 1 nitrogen and oxygen atoms in total. The molecule has 1 aromatic carbocycles. The van der Waals surface area contributed by atoms with Gasteiger partial charge in [-0.05, 0) is 55.2 Å². The van der Waals surface area contributed by atoms with Crippen LogP contribution in [0.4, 0.5) is 0 Å². The Morgan fingerprint density at radius 1 is 0.958 bits per heavy atom. The van der Waals surface area contributed by atoms with Crippen LogP contribution in [-0.4, -0.2) is 6.29 Å². The second kappa shape index (κ2) is 10.5. The average molecular weight is 345 g/mol. The first-order chi connectivity index (χ1) is 11.7. The molecule has 0 saturated carbocycles.